The van der Waals surface area contributed by atoms with Crippen LogP contribution in [0.5, 0.6) is 0 Å². The monoisotopic (exact) mass is 375 g/mol. The summed E-state index contributed by atoms with van der Waals surface area (Å²) in [5, 5.41) is 7.89. The molecule has 0 aromatic heterocycles. The zero-order chi connectivity index (χ0) is 20.4. The number of ether oxygens (including phenoxy) is 1. The summed E-state index contributed by atoms with van der Waals surface area (Å²) < 4.78 is 5.06. The molecule has 0 radical (unpaired) electrons. The predicted octanol–water partition coefficient (Wildman–Crippen LogP) is 3.12. The van der Waals surface area contributed by atoms with Crippen LogP contribution in [0.4, 0.5) is 10.5 Å². The SMILES string of the molecule is CC/C(C)=C/C(=O)NCc1ccc(NC(=O)CNC(=O)OC(C)(C)C)cc1. The van der Waals surface area contributed by atoms with Gasteiger partial charge in [-0.25, -0.2) is 4.79 Å². The lowest BCUT2D eigenvalue weighted by Crippen LogP contribution is -2.37. The minimum Gasteiger partial charge on any atom is -0.444 e. The largest absolute Gasteiger partial charge is 0.444 e. The van der Waals surface area contributed by atoms with Crippen LogP contribution in [0, 0.1) is 0 Å². The molecular weight excluding hydrogens is 346 g/mol. The zero-order valence-corrected chi connectivity index (χ0v) is 16.6. The van der Waals surface area contributed by atoms with Gasteiger partial charge >= 0.3 is 6.09 Å². The second-order valence-corrected chi connectivity index (χ2v) is 7.16. The number of allylic oxidation sites excluding steroid dienone is 1. The van der Waals surface area contributed by atoms with Gasteiger partial charge in [0.05, 0.1) is 0 Å². The quantitative estimate of drug-likeness (QED) is 0.638. The molecule has 1 rings (SSSR count). The molecular formula is C20H29N3O4. The number of anilines is 1. The van der Waals surface area contributed by atoms with Crippen molar-refractivity contribution in [2.75, 3.05) is 11.9 Å². The van der Waals surface area contributed by atoms with Gasteiger partial charge in [0, 0.05) is 18.3 Å². The molecule has 0 bridgehead atoms. The summed E-state index contributed by atoms with van der Waals surface area (Å²) in [6.45, 7) is 9.37. The lowest BCUT2D eigenvalue weighted by Gasteiger charge is -2.19. The average molecular weight is 375 g/mol. The third kappa shape index (κ3) is 10.0. The standard InChI is InChI=1S/C20H29N3O4/c1-6-14(2)11-17(24)21-12-15-7-9-16(10-8-15)23-18(25)13-22-19(26)27-20(3,4)5/h7-11H,6,12-13H2,1-5H3,(H,21,24)(H,22,26)(H,23,25)/b14-11+. The Morgan fingerprint density at radius 2 is 1.70 bits per heavy atom. The van der Waals surface area contributed by atoms with Gasteiger partial charge < -0.3 is 20.7 Å². The van der Waals surface area contributed by atoms with Crippen molar-refractivity contribution in [1.29, 1.82) is 0 Å². The van der Waals surface area contributed by atoms with Crippen molar-refractivity contribution in [2.24, 2.45) is 0 Å². The Bertz CT molecular complexity index is 688. The van der Waals surface area contributed by atoms with Crippen LogP contribution in [0.25, 0.3) is 0 Å². The molecule has 27 heavy (non-hydrogen) atoms. The maximum Gasteiger partial charge on any atom is 0.408 e. The fourth-order valence-electron chi connectivity index (χ4n) is 1.94. The van der Waals surface area contributed by atoms with E-state index in [0.29, 0.717) is 12.2 Å². The highest BCUT2D eigenvalue weighted by molar-refractivity contribution is 5.93. The summed E-state index contributed by atoms with van der Waals surface area (Å²) in [4.78, 5) is 35.1. The van der Waals surface area contributed by atoms with E-state index in [-0.39, 0.29) is 18.4 Å². The second-order valence-electron chi connectivity index (χ2n) is 7.16. The number of hydrogen-bond donors (Lipinski definition) is 3. The van der Waals surface area contributed by atoms with Crippen LogP contribution >= 0.6 is 0 Å². The van der Waals surface area contributed by atoms with Crippen LogP contribution in [0.3, 0.4) is 0 Å². The summed E-state index contributed by atoms with van der Waals surface area (Å²) in [7, 11) is 0. The van der Waals surface area contributed by atoms with Crippen molar-refractivity contribution >= 4 is 23.6 Å². The van der Waals surface area contributed by atoms with Crippen LogP contribution < -0.4 is 16.0 Å². The maximum absolute atomic E-state index is 11.9. The third-order valence-corrected chi connectivity index (χ3v) is 3.43. The molecule has 0 heterocycles. The van der Waals surface area contributed by atoms with Crippen LogP contribution in [0.1, 0.15) is 46.6 Å². The Hall–Kier alpha value is -2.83. The first-order chi connectivity index (χ1) is 12.6. The highest BCUT2D eigenvalue weighted by Crippen LogP contribution is 2.10. The van der Waals surface area contributed by atoms with Crippen molar-refractivity contribution in [3.8, 4) is 0 Å². The van der Waals surface area contributed by atoms with Gasteiger partial charge in [0.25, 0.3) is 0 Å². The predicted molar refractivity (Wildman–Crippen MR) is 105 cm³/mol. The maximum atomic E-state index is 11.9. The molecule has 0 aliphatic heterocycles. The number of hydrogen-bond acceptors (Lipinski definition) is 4. The molecule has 7 nitrogen and oxygen atoms in total. The smallest absolute Gasteiger partial charge is 0.408 e. The van der Waals surface area contributed by atoms with Crippen molar-refractivity contribution in [1.82, 2.24) is 10.6 Å². The van der Waals surface area contributed by atoms with E-state index in [2.05, 4.69) is 16.0 Å². The number of benzene rings is 1. The Morgan fingerprint density at radius 1 is 1.07 bits per heavy atom. The van der Waals surface area contributed by atoms with Crippen molar-refractivity contribution in [3.05, 3.63) is 41.5 Å². The van der Waals surface area contributed by atoms with Gasteiger partial charge in [-0.15, -0.1) is 0 Å². The molecule has 7 heteroatoms. The highest BCUT2D eigenvalue weighted by Gasteiger charge is 2.16. The van der Waals surface area contributed by atoms with Crippen molar-refractivity contribution in [3.63, 3.8) is 0 Å². The van der Waals surface area contributed by atoms with E-state index < -0.39 is 11.7 Å². The van der Waals surface area contributed by atoms with Gasteiger partial charge in [-0.3, -0.25) is 9.59 Å². The molecule has 3 amide bonds. The normalized spacial score (nSPS) is 11.5. The minimum absolute atomic E-state index is 0.125. The second kappa shape index (κ2) is 10.4. The first-order valence-corrected chi connectivity index (χ1v) is 8.89. The molecule has 148 valence electrons. The summed E-state index contributed by atoms with van der Waals surface area (Å²) >= 11 is 0. The van der Waals surface area contributed by atoms with Crippen LogP contribution in [0.2, 0.25) is 0 Å². The first kappa shape index (κ1) is 22.2. The summed E-state index contributed by atoms with van der Waals surface area (Å²) in [6.07, 6.45) is 1.78. The van der Waals surface area contributed by atoms with E-state index in [1.165, 1.54) is 0 Å². The van der Waals surface area contributed by atoms with E-state index in [0.717, 1.165) is 17.6 Å². The highest BCUT2D eigenvalue weighted by atomic mass is 16.6. The van der Waals surface area contributed by atoms with E-state index in [9.17, 15) is 14.4 Å². The third-order valence-electron chi connectivity index (χ3n) is 3.43. The number of carbonyl (C=O) groups excluding carboxylic acids is 3. The fraction of sp³-hybridized carbons (Fsp3) is 0.450. The Morgan fingerprint density at radius 3 is 2.26 bits per heavy atom. The van der Waals surface area contributed by atoms with Crippen molar-refractivity contribution < 1.29 is 19.1 Å². The minimum atomic E-state index is -0.643. The number of alkyl carbamates (subject to hydrolysis) is 1. The molecule has 0 aliphatic rings. The number of rotatable bonds is 7. The van der Waals surface area contributed by atoms with E-state index >= 15 is 0 Å². The van der Waals surface area contributed by atoms with E-state index in [1.807, 2.05) is 26.0 Å². The molecule has 0 unspecified atom stereocenters. The lowest BCUT2D eigenvalue weighted by molar-refractivity contribution is -0.117. The average Bonchev–Trinajstić information content (AvgIpc) is 2.58. The molecule has 0 saturated carbocycles. The molecule has 0 fully saturated rings. The van der Waals surface area contributed by atoms with Gasteiger partial charge in [0.1, 0.15) is 12.1 Å². The van der Waals surface area contributed by atoms with Gasteiger partial charge in [-0.1, -0.05) is 24.6 Å². The number of amides is 3. The molecule has 3 N–H and O–H groups in total. The van der Waals surface area contributed by atoms with E-state index in [4.69, 9.17) is 4.74 Å². The van der Waals surface area contributed by atoms with E-state index in [1.54, 1.807) is 39.0 Å². The Kier molecular flexibility index (Phi) is 8.51. The number of carbonyl (C=O) groups is 3. The fourth-order valence-corrected chi connectivity index (χ4v) is 1.94. The van der Waals surface area contributed by atoms with Crippen LogP contribution in [0.15, 0.2) is 35.9 Å². The molecule has 0 spiro atoms. The van der Waals surface area contributed by atoms with Gasteiger partial charge in [-0.05, 0) is 51.8 Å². The molecule has 0 aliphatic carbocycles. The van der Waals surface area contributed by atoms with Crippen LogP contribution in [-0.2, 0) is 20.9 Å². The molecule has 0 atom stereocenters. The summed E-state index contributed by atoms with van der Waals surface area (Å²) in [5.74, 6) is -0.484. The molecule has 0 saturated heterocycles. The Labute approximate surface area is 160 Å². The molecule has 1 aromatic rings. The topological polar surface area (TPSA) is 96.5 Å². The first-order valence-electron chi connectivity index (χ1n) is 8.89. The van der Waals surface area contributed by atoms with Gasteiger partial charge in [-0.2, -0.15) is 0 Å². The Balaban J connectivity index is 2.42. The molecule has 1 aromatic carbocycles. The van der Waals surface area contributed by atoms with Gasteiger partial charge in [0.2, 0.25) is 11.8 Å². The van der Waals surface area contributed by atoms with Gasteiger partial charge in [0.15, 0.2) is 0 Å². The summed E-state index contributed by atoms with van der Waals surface area (Å²) in [6, 6.07) is 7.10. The zero-order valence-electron chi connectivity index (χ0n) is 16.6. The van der Waals surface area contributed by atoms with Crippen LogP contribution in [-0.4, -0.2) is 30.1 Å². The summed E-state index contributed by atoms with van der Waals surface area (Å²) in [5.41, 5.74) is 1.92. The number of nitrogens with one attached hydrogen (secondary N) is 3. The van der Waals surface area contributed by atoms with Crippen molar-refractivity contribution in [2.45, 2.75) is 53.2 Å². The lowest BCUT2D eigenvalue weighted by atomic mass is 10.2.